The largest absolute Gasteiger partial charge is 0.388 e. The highest BCUT2D eigenvalue weighted by Gasteiger charge is 2.37. The van der Waals surface area contributed by atoms with Crippen LogP contribution in [0.2, 0.25) is 0 Å². The molecule has 0 spiro atoms. The number of allylic oxidation sites excluding steroid dienone is 1. The van der Waals surface area contributed by atoms with E-state index in [2.05, 4.69) is 11.9 Å². The van der Waals surface area contributed by atoms with E-state index in [1.54, 1.807) is 6.92 Å². The lowest BCUT2D eigenvalue weighted by Crippen LogP contribution is -2.35. The Morgan fingerprint density at radius 1 is 1.39 bits per heavy atom. The molecule has 1 N–H and O–H groups in total. The fourth-order valence-corrected chi connectivity index (χ4v) is 3.27. The Morgan fingerprint density at radius 2 is 2.09 bits per heavy atom. The van der Waals surface area contributed by atoms with Crippen LogP contribution in [0.15, 0.2) is 30.4 Å². The number of benzene rings is 1. The molecule has 0 heterocycles. The number of ketones is 3. The first kappa shape index (κ1) is 17.1. The average molecular weight is 313 g/mol. The smallest absolute Gasteiger partial charge is 0.169 e. The Hall–Kier alpha value is -2.23. The zero-order valence-corrected chi connectivity index (χ0v) is 13.9. The number of rotatable bonds is 5. The number of hydrogen-bond donors (Lipinski definition) is 1. The van der Waals surface area contributed by atoms with Gasteiger partial charge in [-0.1, -0.05) is 32.6 Å². The summed E-state index contributed by atoms with van der Waals surface area (Å²) in [7, 11) is 1.83. The second-order valence-corrected chi connectivity index (χ2v) is 6.00. The SMILES string of the molecule is C=C1C(=O)CCC([C@@H](C)C(=O)c2cccc(NC)c2CC)C1=O. The van der Waals surface area contributed by atoms with Crippen LogP contribution in [0.4, 0.5) is 5.69 Å². The molecule has 1 aliphatic rings. The van der Waals surface area contributed by atoms with Crippen LogP contribution < -0.4 is 5.32 Å². The van der Waals surface area contributed by atoms with Crippen molar-refractivity contribution in [3.63, 3.8) is 0 Å². The summed E-state index contributed by atoms with van der Waals surface area (Å²) < 4.78 is 0. The number of carbonyl (C=O) groups excluding carboxylic acids is 3. The molecular weight excluding hydrogens is 290 g/mol. The Balaban J connectivity index is 2.32. The van der Waals surface area contributed by atoms with Crippen molar-refractivity contribution in [2.24, 2.45) is 11.8 Å². The van der Waals surface area contributed by atoms with E-state index >= 15 is 0 Å². The topological polar surface area (TPSA) is 63.2 Å². The molecule has 1 fully saturated rings. The molecule has 1 saturated carbocycles. The van der Waals surface area contributed by atoms with Crippen LogP contribution in [-0.4, -0.2) is 24.4 Å². The van der Waals surface area contributed by atoms with E-state index in [-0.39, 0.29) is 22.9 Å². The first-order valence-electron chi connectivity index (χ1n) is 8.02. The van der Waals surface area contributed by atoms with Gasteiger partial charge in [-0.25, -0.2) is 0 Å². The zero-order chi connectivity index (χ0) is 17.1. The molecule has 1 aliphatic carbocycles. The first-order valence-corrected chi connectivity index (χ1v) is 8.02. The summed E-state index contributed by atoms with van der Waals surface area (Å²) in [5.41, 5.74) is 2.59. The maximum absolute atomic E-state index is 12.9. The van der Waals surface area contributed by atoms with Crippen LogP contribution in [0, 0.1) is 11.8 Å². The van der Waals surface area contributed by atoms with E-state index in [0.29, 0.717) is 18.4 Å². The molecule has 0 saturated heterocycles. The van der Waals surface area contributed by atoms with Crippen molar-refractivity contribution in [1.82, 2.24) is 0 Å². The van der Waals surface area contributed by atoms with Crippen LogP contribution >= 0.6 is 0 Å². The van der Waals surface area contributed by atoms with E-state index in [0.717, 1.165) is 17.7 Å². The molecule has 122 valence electrons. The summed E-state index contributed by atoms with van der Waals surface area (Å²) in [6, 6.07) is 5.59. The molecule has 4 heteroatoms. The zero-order valence-electron chi connectivity index (χ0n) is 13.9. The van der Waals surface area contributed by atoms with E-state index in [1.807, 2.05) is 32.2 Å². The summed E-state index contributed by atoms with van der Waals surface area (Å²) in [6.07, 6.45) is 1.45. The lowest BCUT2D eigenvalue weighted by molar-refractivity contribution is -0.127. The van der Waals surface area contributed by atoms with Crippen LogP contribution in [0.3, 0.4) is 0 Å². The first-order chi connectivity index (χ1) is 10.9. The molecule has 2 atom stereocenters. The highest BCUT2D eigenvalue weighted by Crippen LogP contribution is 2.32. The van der Waals surface area contributed by atoms with Gasteiger partial charge in [0.15, 0.2) is 17.3 Å². The summed E-state index contributed by atoms with van der Waals surface area (Å²) in [6.45, 7) is 7.36. The number of anilines is 1. The summed E-state index contributed by atoms with van der Waals surface area (Å²) in [5, 5.41) is 3.10. The van der Waals surface area contributed by atoms with Gasteiger partial charge in [0.05, 0.1) is 5.57 Å². The Morgan fingerprint density at radius 3 is 2.70 bits per heavy atom. The second kappa shape index (κ2) is 6.90. The molecule has 23 heavy (non-hydrogen) atoms. The molecule has 0 radical (unpaired) electrons. The molecule has 0 amide bonds. The summed E-state index contributed by atoms with van der Waals surface area (Å²) >= 11 is 0. The third kappa shape index (κ3) is 3.11. The van der Waals surface area contributed by atoms with Gasteiger partial charge in [0.1, 0.15) is 0 Å². The van der Waals surface area contributed by atoms with Crippen LogP contribution in [0.5, 0.6) is 0 Å². The third-order valence-corrected chi connectivity index (χ3v) is 4.73. The minimum Gasteiger partial charge on any atom is -0.388 e. The van der Waals surface area contributed by atoms with Gasteiger partial charge in [-0.15, -0.1) is 0 Å². The van der Waals surface area contributed by atoms with Crippen molar-refractivity contribution in [1.29, 1.82) is 0 Å². The minimum atomic E-state index is -0.454. The monoisotopic (exact) mass is 313 g/mol. The van der Waals surface area contributed by atoms with Crippen molar-refractivity contribution in [2.45, 2.75) is 33.1 Å². The molecular formula is C19H23NO3. The van der Waals surface area contributed by atoms with Gasteiger partial charge >= 0.3 is 0 Å². The van der Waals surface area contributed by atoms with E-state index in [4.69, 9.17) is 0 Å². The maximum Gasteiger partial charge on any atom is 0.169 e. The standard InChI is InChI=1S/C19H23NO3/c1-5-13-15(7-6-8-16(13)20-4)18(22)11(2)14-9-10-17(21)12(3)19(14)23/h6-8,11,14,20H,3,5,9-10H2,1-2,4H3/t11-,14?/m1/s1. The van der Waals surface area contributed by atoms with Gasteiger partial charge in [-0.05, 0) is 24.5 Å². The van der Waals surface area contributed by atoms with Crippen molar-refractivity contribution >= 4 is 23.0 Å². The Labute approximate surface area is 137 Å². The fraction of sp³-hybridized carbons (Fsp3) is 0.421. The predicted molar refractivity (Wildman–Crippen MR) is 90.7 cm³/mol. The van der Waals surface area contributed by atoms with Gasteiger partial charge in [0.2, 0.25) is 0 Å². The van der Waals surface area contributed by atoms with Crippen molar-refractivity contribution < 1.29 is 14.4 Å². The maximum atomic E-state index is 12.9. The molecule has 1 unspecified atom stereocenters. The highest BCUT2D eigenvalue weighted by atomic mass is 16.2. The molecule has 0 bridgehead atoms. The summed E-state index contributed by atoms with van der Waals surface area (Å²) in [5.74, 6) is -1.41. The number of carbonyl (C=O) groups is 3. The number of Topliss-reactive ketones (excluding diaryl/α,β-unsaturated/α-hetero) is 3. The van der Waals surface area contributed by atoms with Crippen LogP contribution in [-0.2, 0) is 16.0 Å². The molecule has 1 aromatic carbocycles. The third-order valence-electron chi connectivity index (χ3n) is 4.73. The number of nitrogens with one attached hydrogen (secondary N) is 1. The van der Waals surface area contributed by atoms with Crippen LogP contribution in [0.25, 0.3) is 0 Å². The Bertz CT molecular complexity index is 675. The van der Waals surface area contributed by atoms with Gasteiger partial charge in [0, 0.05) is 36.6 Å². The quantitative estimate of drug-likeness (QED) is 0.515. The van der Waals surface area contributed by atoms with E-state index in [9.17, 15) is 14.4 Å². The Kier molecular flexibility index (Phi) is 5.14. The van der Waals surface area contributed by atoms with Crippen molar-refractivity contribution in [3.8, 4) is 0 Å². The lowest BCUT2D eigenvalue weighted by atomic mass is 9.74. The second-order valence-electron chi connectivity index (χ2n) is 6.00. The molecule has 2 rings (SSSR count). The molecule has 1 aromatic rings. The predicted octanol–water partition coefficient (Wildman–Crippen LogP) is 3.21. The van der Waals surface area contributed by atoms with Gasteiger partial charge in [0.25, 0.3) is 0 Å². The van der Waals surface area contributed by atoms with Crippen LogP contribution in [0.1, 0.15) is 42.6 Å². The molecule has 4 nitrogen and oxygen atoms in total. The fourth-order valence-electron chi connectivity index (χ4n) is 3.27. The summed E-state index contributed by atoms with van der Waals surface area (Å²) in [4.78, 5) is 36.8. The molecule has 0 aromatic heterocycles. The van der Waals surface area contributed by atoms with E-state index in [1.165, 1.54) is 0 Å². The van der Waals surface area contributed by atoms with Crippen molar-refractivity contribution in [3.05, 3.63) is 41.5 Å². The average Bonchev–Trinajstić information content (AvgIpc) is 2.57. The normalized spacial score (nSPS) is 19.6. The van der Waals surface area contributed by atoms with E-state index < -0.39 is 11.8 Å². The molecule has 0 aliphatic heterocycles. The van der Waals surface area contributed by atoms with Gasteiger partial charge in [-0.2, -0.15) is 0 Å². The highest BCUT2D eigenvalue weighted by molar-refractivity contribution is 6.23. The van der Waals surface area contributed by atoms with Gasteiger partial charge in [-0.3, -0.25) is 14.4 Å². The van der Waals surface area contributed by atoms with Gasteiger partial charge < -0.3 is 5.32 Å². The van der Waals surface area contributed by atoms with Crippen molar-refractivity contribution in [2.75, 3.05) is 12.4 Å². The number of hydrogen-bond acceptors (Lipinski definition) is 4. The minimum absolute atomic E-state index is 0.0422. The lowest BCUT2D eigenvalue weighted by Gasteiger charge is -2.26.